The van der Waals surface area contributed by atoms with Gasteiger partial charge in [-0.1, -0.05) is 24.3 Å². The molecule has 0 fully saturated rings. The lowest BCUT2D eigenvalue weighted by Gasteiger charge is -2.10. The summed E-state index contributed by atoms with van der Waals surface area (Å²) in [5, 5.41) is 5.53. The average Bonchev–Trinajstić information content (AvgIpc) is 2.81. The number of carbonyl (C=O) groups is 3. The molecule has 3 rings (SSSR count). The summed E-state index contributed by atoms with van der Waals surface area (Å²) in [4.78, 5) is 36.1. The van der Waals surface area contributed by atoms with Crippen LogP contribution in [0.2, 0.25) is 0 Å². The molecule has 35 heavy (non-hydrogen) atoms. The van der Waals surface area contributed by atoms with Crippen molar-refractivity contribution in [3.63, 3.8) is 0 Å². The molecule has 7 nitrogen and oxygen atoms in total. The number of hydrogen-bond acceptors (Lipinski definition) is 5. The minimum atomic E-state index is -0.522. The van der Waals surface area contributed by atoms with E-state index < -0.39 is 11.9 Å². The van der Waals surface area contributed by atoms with E-state index in [-0.39, 0.29) is 25.4 Å². The van der Waals surface area contributed by atoms with E-state index in [4.69, 9.17) is 9.47 Å². The lowest BCUT2D eigenvalue weighted by Crippen LogP contribution is -2.21. The van der Waals surface area contributed by atoms with E-state index >= 15 is 0 Å². The summed E-state index contributed by atoms with van der Waals surface area (Å²) < 4.78 is 10.8. The summed E-state index contributed by atoms with van der Waals surface area (Å²) in [5.74, 6) is 0.276. The van der Waals surface area contributed by atoms with Crippen LogP contribution in [0.4, 0.5) is 11.4 Å². The molecule has 2 amide bonds. The molecule has 0 saturated heterocycles. The highest BCUT2D eigenvalue weighted by Crippen LogP contribution is 2.24. The number of ether oxygens (including phenoxy) is 2. The van der Waals surface area contributed by atoms with Crippen LogP contribution in [0.5, 0.6) is 11.5 Å². The van der Waals surface area contributed by atoms with Gasteiger partial charge in [0.25, 0.3) is 5.91 Å². The highest BCUT2D eigenvalue weighted by Gasteiger charge is 2.11. The third kappa shape index (κ3) is 8.62. The van der Waals surface area contributed by atoms with Gasteiger partial charge in [0.2, 0.25) is 5.91 Å². The third-order valence-corrected chi connectivity index (χ3v) is 5.18. The molecule has 3 aromatic carbocycles. The first-order chi connectivity index (χ1) is 16.8. The van der Waals surface area contributed by atoms with Crippen LogP contribution in [0.15, 0.2) is 66.7 Å². The zero-order chi connectivity index (χ0) is 25.2. The lowest BCUT2D eigenvalue weighted by atomic mass is 10.1. The van der Waals surface area contributed by atoms with Crippen LogP contribution in [-0.2, 0) is 19.1 Å². The number of hydrogen-bond donors (Lipinski definition) is 2. The van der Waals surface area contributed by atoms with Gasteiger partial charge in [-0.05, 0) is 86.3 Å². The fourth-order valence-corrected chi connectivity index (χ4v) is 3.31. The van der Waals surface area contributed by atoms with Crippen molar-refractivity contribution in [1.82, 2.24) is 0 Å². The summed E-state index contributed by atoms with van der Waals surface area (Å²) in [6.07, 6.45) is 0.524. The maximum Gasteiger partial charge on any atom is 0.306 e. The van der Waals surface area contributed by atoms with Crippen molar-refractivity contribution in [1.29, 1.82) is 0 Å². The van der Waals surface area contributed by atoms with Crippen LogP contribution in [-0.4, -0.2) is 24.4 Å². The van der Waals surface area contributed by atoms with E-state index in [1.165, 1.54) is 0 Å². The number of aryl methyl sites for hydroxylation is 3. The third-order valence-electron chi connectivity index (χ3n) is 5.18. The minimum absolute atomic E-state index is 0.0491. The molecule has 7 heteroatoms. The monoisotopic (exact) mass is 474 g/mol. The van der Waals surface area contributed by atoms with Crippen molar-refractivity contribution in [3.05, 3.63) is 83.4 Å². The molecular formula is C28H30N2O5. The van der Waals surface area contributed by atoms with Gasteiger partial charge in [-0.2, -0.15) is 0 Å². The predicted molar refractivity (Wildman–Crippen MR) is 136 cm³/mol. The maximum atomic E-state index is 12.2. The fraction of sp³-hybridized carbons (Fsp3) is 0.250. The Morgan fingerprint density at radius 2 is 1.49 bits per heavy atom. The van der Waals surface area contributed by atoms with E-state index in [2.05, 4.69) is 10.6 Å². The Morgan fingerprint density at radius 3 is 2.23 bits per heavy atom. The number of anilines is 2. The normalized spacial score (nSPS) is 10.4. The molecular weight excluding hydrogens is 444 g/mol. The van der Waals surface area contributed by atoms with Crippen LogP contribution in [0, 0.1) is 20.8 Å². The minimum Gasteiger partial charge on any atom is -0.457 e. The van der Waals surface area contributed by atoms with Crippen LogP contribution >= 0.6 is 0 Å². The molecule has 0 heterocycles. The molecule has 0 spiro atoms. The smallest absolute Gasteiger partial charge is 0.306 e. The number of nitrogens with one attached hydrogen (secondary N) is 2. The van der Waals surface area contributed by atoms with Gasteiger partial charge in [-0.25, -0.2) is 0 Å². The van der Waals surface area contributed by atoms with Gasteiger partial charge < -0.3 is 20.1 Å². The quantitative estimate of drug-likeness (QED) is 0.368. The van der Waals surface area contributed by atoms with Crippen LogP contribution in [0.1, 0.15) is 36.0 Å². The van der Waals surface area contributed by atoms with Gasteiger partial charge in [-0.3, -0.25) is 14.4 Å². The van der Waals surface area contributed by atoms with Crippen molar-refractivity contribution in [3.8, 4) is 11.5 Å². The van der Waals surface area contributed by atoms with Crippen molar-refractivity contribution < 1.29 is 23.9 Å². The second-order valence-electron chi connectivity index (χ2n) is 8.37. The topological polar surface area (TPSA) is 93.7 Å². The van der Waals surface area contributed by atoms with Gasteiger partial charge in [-0.15, -0.1) is 0 Å². The van der Waals surface area contributed by atoms with Crippen molar-refractivity contribution >= 4 is 29.2 Å². The Bertz CT molecular complexity index is 1190. The van der Waals surface area contributed by atoms with Crippen molar-refractivity contribution in [2.45, 2.75) is 40.0 Å². The largest absolute Gasteiger partial charge is 0.457 e. The fourth-order valence-electron chi connectivity index (χ4n) is 3.31. The van der Waals surface area contributed by atoms with Crippen LogP contribution < -0.4 is 15.4 Å². The van der Waals surface area contributed by atoms with Gasteiger partial charge in [0.15, 0.2) is 6.61 Å². The molecule has 2 N–H and O–H groups in total. The molecule has 182 valence electrons. The Labute approximate surface area is 205 Å². The molecule has 0 aliphatic rings. The van der Waals surface area contributed by atoms with Gasteiger partial charge >= 0.3 is 5.97 Å². The maximum absolute atomic E-state index is 12.2. The second kappa shape index (κ2) is 12.4. The molecule has 0 aromatic heterocycles. The van der Waals surface area contributed by atoms with E-state index in [1.54, 1.807) is 24.3 Å². The molecule has 0 bridgehead atoms. The van der Waals surface area contributed by atoms with E-state index in [9.17, 15) is 14.4 Å². The highest BCUT2D eigenvalue weighted by molar-refractivity contribution is 5.93. The first-order valence-electron chi connectivity index (χ1n) is 11.5. The van der Waals surface area contributed by atoms with E-state index in [0.29, 0.717) is 23.5 Å². The number of benzene rings is 3. The van der Waals surface area contributed by atoms with Crippen LogP contribution in [0.25, 0.3) is 0 Å². The highest BCUT2D eigenvalue weighted by atomic mass is 16.5. The second-order valence-corrected chi connectivity index (χ2v) is 8.37. The van der Waals surface area contributed by atoms with Gasteiger partial charge in [0, 0.05) is 24.2 Å². The lowest BCUT2D eigenvalue weighted by molar-refractivity contribution is -0.147. The standard InChI is InChI=1S/C28H30N2O5/c1-19-6-4-7-24(16-19)35-23-14-12-22(13-15-23)29-26(31)8-5-9-28(33)34-18-27(32)30-25-17-20(2)10-11-21(25)3/h4,6-7,10-17H,5,8-9,18H2,1-3H3,(H,29,31)(H,30,32). The number of esters is 1. The first-order valence-corrected chi connectivity index (χ1v) is 11.5. The number of rotatable bonds is 10. The Kier molecular flexibility index (Phi) is 9.01. The average molecular weight is 475 g/mol. The summed E-state index contributed by atoms with van der Waals surface area (Å²) >= 11 is 0. The van der Waals surface area contributed by atoms with Gasteiger partial charge in [0.05, 0.1) is 0 Å². The van der Waals surface area contributed by atoms with Crippen molar-refractivity contribution in [2.24, 2.45) is 0 Å². The summed E-state index contributed by atoms with van der Waals surface area (Å²) in [6.45, 7) is 5.45. The molecule has 0 atom stereocenters. The molecule has 0 aliphatic heterocycles. The first kappa shape index (κ1) is 25.5. The molecule has 0 aliphatic carbocycles. The Hall–Kier alpha value is -4.13. The van der Waals surface area contributed by atoms with Crippen LogP contribution in [0.3, 0.4) is 0 Å². The molecule has 0 unspecified atom stereocenters. The Balaban J connectivity index is 1.34. The zero-order valence-corrected chi connectivity index (χ0v) is 20.2. The molecule has 3 aromatic rings. The van der Waals surface area contributed by atoms with E-state index in [0.717, 1.165) is 22.4 Å². The summed E-state index contributed by atoms with van der Waals surface area (Å²) in [7, 11) is 0. The zero-order valence-electron chi connectivity index (χ0n) is 20.2. The summed E-state index contributed by atoms with van der Waals surface area (Å²) in [5.41, 5.74) is 4.38. The van der Waals surface area contributed by atoms with Crippen molar-refractivity contribution in [2.75, 3.05) is 17.2 Å². The molecule has 0 radical (unpaired) electrons. The van der Waals surface area contributed by atoms with E-state index in [1.807, 2.05) is 63.2 Å². The SMILES string of the molecule is Cc1cccc(Oc2ccc(NC(=O)CCCC(=O)OCC(=O)Nc3cc(C)ccc3C)cc2)c1. The molecule has 0 saturated carbocycles. The Morgan fingerprint density at radius 1 is 0.743 bits per heavy atom. The summed E-state index contributed by atoms with van der Waals surface area (Å²) in [6, 6.07) is 20.5. The van der Waals surface area contributed by atoms with Gasteiger partial charge in [0.1, 0.15) is 11.5 Å². The number of carbonyl (C=O) groups excluding carboxylic acids is 3. The number of amides is 2. The predicted octanol–water partition coefficient (Wildman–Crippen LogP) is 5.69.